The number of nitrogens with one attached hydrogen (secondary N) is 1. The summed E-state index contributed by atoms with van der Waals surface area (Å²) in [6.45, 7) is 9.04. The minimum atomic E-state index is -0.554. The van der Waals surface area contributed by atoms with E-state index in [9.17, 15) is 8.78 Å². The van der Waals surface area contributed by atoms with Gasteiger partial charge in [0, 0.05) is 29.4 Å². The number of thiazole rings is 1. The Balaban J connectivity index is 2.11. The van der Waals surface area contributed by atoms with Gasteiger partial charge in [-0.1, -0.05) is 6.07 Å². The Morgan fingerprint density at radius 2 is 1.95 bits per heavy atom. The third kappa shape index (κ3) is 4.58. The van der Waals surface area contributed by atoms with Crippen LogP contribution in [0.15, 0.2) is 18.2 Å². The number of nitrogens with zero attached hydrogens (tertiary/aromatic N) is 1. The van der Waals surface area contributed by atoms with Crippen molar-refractivity contribution in [3.8, 4) is 0 Å². The fourth-order valence-corrected chi connectivity index (χ4v) is 2.93. The van der Waals surface area contributed by atoms with Crippen molar-refractivity contribution in [3.63, 3.8) is 0 Å². The molecular weight excluding hydrogens is 290 g/mol. The Kier molecular flexibility index (Phi) is 4.74. The molecule has 0 spiro atoms. The van der Waals surface area contributed by atoms with Gasteiger partial charge in [-0.15, -0.1) is 11.3 Å². The Hall–Kier alpha value is -1.33. The lowest BCUT2D eigenvalue weighted by Crippen LogP contribution is -2.34. The maximum atomic E-state index is 13.7. The van der Waals surface area contributed by atoms with Crippen molar-refractivity contribution in [2.45, 2.75) is 46.2 Å². The quantitative estimate of drug-likeness (QED) is 0.915. The topological polar surface area (TPSA) is 24.9 Å². The monoisotopic (exact) mass is 310 g/mol. The number of halogens is 2. The smallest absolute Gasteiger partial charge is 0.129 e. The highest BCUT2D eigenvalue weighted by atomic mass is 32.1. The minimum Gasteiger partial charge on any atom is -0.307 e. The number of aryl methyl sites for hydroxylation is 1. The average Bonchev–Trinajstić information content (AvgIpc) is 2.70. The second-order valence-electron chi connectivity index (χ2n) is 6.13. The number of hydrogen-bond acceptors (Lipinski definition) is 3. The summed E-state index contributed by atoms with van der Waals surface area (Å²) in [5.41, 5.74) is 1.48. The van der Waals surface area contributed by atoms with E-state index in [1.54, 1.807) is 11.3 Å². The van der Waals surface area contributed by atoms with E-state index in [1.807, 2.05) is 6.92 Å². The van der Waals surface area contributed by atoms with E-state index in [0.29, 0.717) is 12.0 Å². The molecule has 1 heterocycles. The zero-order chi connectivity index (χ0) is 15.6. The van der Waals surface area contributed by atoms with Crippen LogP contribution in [0.2, 0.25) is 0 Å². The van der Waals surface area contributed by atoms with E-state index in [-0.39, 0.29) is 5.54 Å². The van der Waals surface area contributed by atoms with Gasteiger partial charge in [0.05, 0.1) is 10.7 Å². The van der Waals surface area contributed by atoms with Crippen molar-refractivity contribution >= 4 is 11.3 Å². The van der Waals surface area contributed by atoms with Crippen molar-refractivity contribution in [2.75, 3.05) is 0 Å². The van der Waals surface area contributed by atoms with Crippen LogP contribution < -0.4 is 5.32 Å². The van der Waals surface area contributed by atoms with Crippen molar-refractivity contribution in [1.29, 1.82) is 0 Å². The predicted molar refractivity (Wildman–Crippen MR) is 82.6 cm³/mol. The molecule has 0 aliphatic rings. The number of hydrogen-bond donors (Lipinski definition) is 1. The standard InChI is InChI=1S/C16H20F2N2S/c1-10-14(9-19-16(2,3)4)21-15(20-10)7-11-5-6-12(17)8-13(11)18/h5-6,8,19H,7,9H2,1-4H3. The first kappa shape index (κ1) is 16.0. The molecular formula is C16H20F2N2S. The highest BCUT2D eigenvalue weighted by Gasteiger charge is 2.14. The molecule has 0 fully saturated rings. The molecule has 2 rings (SSSR count). The Morgan fingerprint density at radius 3 is 2.57 bits per heavy atom. The fraction of sp³-hybridized carbons (Fsp3) is 0.438. The number of benzene rings is 1. The van der Waals surface area contributed by atoms with Crippen LogP contribution in [-0.4, -0.2) is 10.5 Å². The molecule has 5 heteroatoms. The van der Waals surface area contributed by atoms with Crippen LogP contribution in [0.1, 0.15) is 41.9 Å². The van der Waals surface area contributed by atoms with Gasteiger partial charge in [0.1, 0.15) is 11.6 Å². The number of aromatic nitrogens is 1. The summed E-state index contributed by atoms with van der Waals surface area (Å²) < 4.78 is 26.6. The molecule has 1 aromatic heterocycles. The number of rotatable bonds is 4. The summed E-state index contributed by atoms with van der Waals surface area (Å²) >= 11 is 1.57. The van der Waals surface area contributed by atoms with Gasteiger partial charge in [0.2, 0.25) is 0 Å². The third-order valence-corrected chi connectivity index (χ3v) is 4.23. The minimum absolute atomic E-state index is 0.0413. The zero-order valence-corrected chi connectivity index (χ0v) is 13.6. The van der Waals surface area contributed by atoms with Gasteiger partial charge in [-0.3, -0.25) is 0 Å². The van der Waals surface area contributed by atoms with E-state index in [1.165, 1.54) is 12.1 Å². The van der Waals surface area contributed by atoms with Crippen LogP contribution in [0.5, 0.6) is 0 Å². The van der Waals surface area contributed by atoms with E-state index in [4.69, 9.17) is 0 Å². The summed E-state index contributed by atoms with van der Waals surface area (Å²) in [6, 6.07) is 3.67. The summed E-state index contributed by atoms with van der Waals surface area (Å²) in [6.07, 6.45) is 0.396. The Labute approximate surface area is 128 Å². The summed E-state index contributed by atoms with van der Waals surface area (Å²) in [4.78, 5) is 5.64. The maximum Gasteiger partial charge on any atom is 0.129 e. The van der Waals surface area contributed by atoms with Crippen molar-refractivity contribution in [3.05, 3.63) is 51.0 Å². The third-order valence-electron chi connectivity index (χ3n) is 3.07. The van der Waals surface area contributed by atoms with Crippen LogP contribution in [0.4, 0.5) is 8.78 Å². The SMILES string of the molecule is Cc1nc(Cc2ccc(F)cc2F)sc1CNC(C)(C)C. The normalized spacial score (nSPS) is 11.9. The highest BCUT2D eigenvalue weighted by Crippen LogP contribution is 2.22. The summed E-state index contributed by atoms with van der Waals surface area (Å²) in [5, 5.41) is 4.27. The molecule has 0 bridgehead atoms. The van der Waals surface area contributed by atoms with Gasteiger partial charge in [-0.05, 0) is 39.3 Å². The molecule has 0 atom stereocenters. The first-order chi connectivity index (χ1) is 9.74. The molecule has 2 nitrogen and oxygen atoms in total. The first-order valence-corrected chi connectivity index (χ1v) is 7.70. The molecule has 1 aromatic carbocycles. The lowest BCUT2D eigenvalue weighted by atomic mass is 10.1. The molecule has 0 unspecified atom stereocenters. The molecule has 0 amide bonds. The van der Waals surface area contributed by atoms with Gasteiger partial charge >= 0.3 is 0 Å². The van der Waals surface area contributed by atoms with Gasteiger partial charge in [-0.2, -0.15) is 0 Å². The molecule has 0 saturated heterocycles. The molecule has 114 valence electrons. The van der Waals surface area contributed by atoms with Crippen LogP contribution in [0.3, 0.4) is 0 Å². The average molecular weight is 310 g/mol. The van der Waals surface area contributed by atoms with Gasteiger partial charge < -0.3 is 5.32 Å². The lowest BCUT2D eigenvalue weighted by molar-refractivity contribution is 0.425. The highest BCUT2D eigenvalue weighted by molar-refractivity contribution is 7.11. The largest absolute Gasteiger partial charge is 0.307 e. The summed E-state index contributed by atoms with van der Waals surface area (Å²) in [5.74, 6) is -1.07. The summed E-state index contributed by atoms with van der Waals surface area (Å²) in [7, 11) is 0. The molecule has 1 N–H and O–H groups in total. The predicted octanol–water partition coefficient (Wildman–Crippen LogP) is 4.21. The first-order valence-electron chi connectivity index (χ1n) is 6.89. The van der Waals surface area contributed by atoms with Crippen molar-refractivity contribution in [1.82, 2.24) is 10.3 Å². The van der Waals surface area contributed by atoms with Crippen LogP contribution in [0.25, 0.3) is 0 Å². The lowest BCUT2D eigenvalue weighted by Gasteiger charge is -2.19. The zero-order valence-electron chi connectivity index (χ0n) is 12.8. The van der Waals surface area contributed by atoms with E-state index in [0.717, 1.165) is 28.2 Å². The Bertz CT molecular complexity index is 630. The van der Waals surface area contributed by atoms with Crippen molar-refractivity contribution in [2.24, 2.45) is 0 Å². The molecule has 0 aliphatic carbocycles. The van der Waals surface area contributed by atoms with E-state index >= 15 is 0 Å². The molecule has 0 radical (unpaired) electrons. The fourth-order valence-electron chi connectivity index (χ4n) is 1.90. The Morgan fingerprint density at radius 1 is 1.24 bits per heavy atom. The van der Waals surface area contributed by atoms with Crippen LogP contribution in [-0.2, 0) is 13.0 Å². The maximum absolute atomic E-state index is 13.7. The van der Waals surface area contributed by atoms with Gasteiger partial charge in [0.15, 0.2) is 0 Å². The molecule has 0 aliphatic heterocycles. The molecule has 21 heavy (non-hydrogen) atoms. The van der Waals surface area contributed by atoms with Gasteiger partial charge in [-0.25, -0.2) is 13.8 Å². The second kappa shape index (κ2) is 6.20. The van der Waals surface area contributed by atoms with E-state index in [2.05, 4.69) is 31.1 Å². The molecule has 0 saturated carbocycles. The van der Waals surface area contributed by atoms with E-state index < -0.39 is 11.6 Å². The molecule has 2 aromatic rings. The van der Waals surface area contributed by atoms with Crippen molar-refractivity contribution < 1.29 is 8.78 Å². The van der Waals surface area contributed by atoms with Crippen LogP contribution >= 0.6 is 11.3 Å². The van der Waals surface area contributed by atoms with Crippen LogP contribution in [0, 0.1) is 18.6 Å². The van der Waals surface area contributed by atoms with Gasteiger partial charge in [0.25, 0.3) is 0 Å². The second-order valence-corrected chi connectivity index (χ2v) is 7.30.